The second kappa shape index (κ2) is 32.3. The summed E-state index contributed by atoms with van der Waals surface area (Å²) < 4.78 is 50.6. The number of unbranched alkanes of at least 4 members (excludes halogenated alkanes) is 3. The SMILES string of the molecule is COc1ccc(C(OCC2OC(n3cc(C=CC(=O)NCCCCCCNC(=O)c4ccc(C(=O)O)c(-c5c6ccc(=[N+](C)C)cc-6oc6cc(N(C)C)ccc56)c4)c(=O)[nH]c3=O)CC2OP(OCCC#N)N(C(C)C)C(C)C)(c2ccccc2)c2ccc(OC)cc2)cc1. The molecule has 0 saturated carbocycles. The number of anilines is 1. The first-order valence-electron chi connectivity index (χ1n) is 31.8. The third kappa shape index (κ3) is 16.6. The first kappa shape index (κ1) is 70.1. The van der Waals surface area contributed by atoms with Gasteiger partial charge < -0.3 is 53.1 Å². The summed E-state index contributed by atoms with van der Waals surface area (Å²) in [6.07, 6.45) is 4.37. The van der Waals surface area contributed by atoms with Gasteiger partial charge in [0.05, 0.1) is 63.2 Å². The van der Waals surface area contributed by atoms with Crippen molar-refractivity contribution < 1.29 is 51.9 Å². The number of rotatable bonds is 30. The Morgan fingerprint density at radius 1 is 0.821 bits per heavy atom. The number of amides is 2. The molecule has 4 atom stereocenters. The zero-order chi connectivity index (χ0) is 67.9. The molecule has 0 bridgehead atoms. The molecule has 498 valence electrons. The third-order valence-corrected chi connectivity index (χ3v) is 18.8. The third-order valence-electron chi connectivity index (χ3n) is 16.6. The van der Waals surface area contributed by atoms with Gasteiger partial charge in [-0.2, -0.15) is 5.26 Å². The Morgan fingerprint density at radius 3 is 2.08 bits per heavy atom. The van der Waals surface area contributed by atoms with E-state index < -0.39 is 55.7 Å². The number of aromatic nitrogens is 2. The molecule has 3 aliphatic rings. The molecular weight excluding hydrogens is 1230 g/mol. The predicted octanol–water partition coefficient (Wildman–Crippen LogP) is 10.9. The normalized spacial score (nSPS) is 15.2. The molecular formula is C73H84N8O13P+. The van der Waals surface area contributed by atoms with Crippen LogP contribution in [0.4, 0.5) is 5.69 Å². The second-order valence-corrected chi connectivity index (χ2v) is 25.5. The van der Waals surface area contributed by atoms with E-state index in [0.717, 1.165) is 40.6 Å². The van der Waals surface area contributed by atoms with Gasteiger partial charge in [-0.25, -0.2) is 18.8 Å². The number of hydrogen-bond acceptors (Lipinski definition) is 15. The van der Waals surface area contributed by atoms with Gasteiger partial charge in [-0.05, 0) is 130 Å². The molecule has 1 saturated heterocycles. The fourth-order valence-electron chi connectivity index (χ4n) is 11.8. The summed E-state index contributed by atoms with van der Waals surface area (Å²) in [5.74, 6) is -0.0537. The highest BCUT2D eigenvalue weighted by molar-refractivity contribution is 7.44. The number of aromatic amines is 1. The number of carbonyl (C=O) groups excluding carboxylic acids is 2. The van der Waals surface area contributed by atoms with Gasteiger partial charge in [-0.1, -0.05) is 67.4 Å². The first-order chi connectivity index (χ1) is 45.7. The summed E-state index contributed by atoms with van der Waals surface area (Å²) in [5.41, 5.74) is 3.28. The zero-order valence-electron chi connectivity index (χ0n) is 55.4. The lowest BCUT2D eigenvalue weighted by molar-refractivity contribution is -0.116. The molecule has 9 rings (SSSR count). The van der Waals surface area contributed by atoms with E-state index in [0.29, 0.717) is 76.4 Å². The molecule has 1 aromatic heterocycles. The molecule has 3 heterocycles. The van der Waals surface area contributed by atoms with Crippen molar-refractivity contribution in [1.82, 2.24) is 29.4 Å². The Labute approximate surface area is 554 Å². The largest absolute Gasteiger partial charge is 0.497 e. The number of carboxylic acids is 1. The molecule has 2 amide bonds. The number of nitriles is 1. The number of hydrogen-bond donors (Lipinski definition) is 4. The fraction of sp³-hybridized carbons (Fsp3) is 0.356. The van der Waals surface area contributed by atoms with Crippen LogP contribution in [0.15, 0.2) is 160 Å². The number of aromatic carboxylic acids is 1. The molecule has 4 N–H and O–H groups in total. The van der Waals surface area contributed by atoms with Crippen LogP contribution < -0.4 is 46.2 Å². The van der Waals surface area contributed by atoms with Crippen LogP contribution in [0.25, 0.3) is 39.5 Å². The number of fused-ring (bicyclic) bond motifs is 2. The van der Waals surface area contributed by atoms with Crippen molar-refractivity contribution in [2.24, 2.45) is 0 Å². The number of nitrogens with zero attached hydrogens (tertiary/aromatic N) is 5. The van der Waals surface area contributed by atoms with Crippen LogP contribution in [0.5, 0.6) is 11.5 Å². The van der Waals surface area contributed by atoms with E-state index in [9.17, 15) is 34.3 Å². The van der Waals surface area contributed by atoms with E-state index in [-0.39, 0.29) is 55.2 Å². The van der Waals surface area contributed by atoms with Crippen molar-refractivity contribution in [2.45, 2.75) is 102 Å². The minimum Gasteiger partial charge on any atom is -0.497 e. The molecule has 22 heteroatoms. The standard InChI is InChI=1S/C73H83N8O13P/c1-47(2)81(48(3)4)95(91-40-18-37-74)94-64-44-67(93-65(64)46-90-73(51-19-14-13-15-20-51,52-23-29-56(88-9)30-24-52)53-25-31-57(89-10)32-26-53)80-45-50(70(84)77-72(80)87)22-36-66(82)75-38-16-11-12-17-39-76-69(83)49-21-33-58(71(85)86)61(41-49)68-59-34-27-54(78(5)6)42-62(59)92-63-43-55(79(7)8)28-35-60(63)68/h13-15,19-36,41-43,45,47-48,64-65,67H,11-12,16-18,38-40,44,46H2,1-10H3,(H3-,75,76,77,82,83,84,85,86,87)/p+1. The summed E-state index contributed by atoms with van der Waals surface area (Å²) in [7, 11) is 9.12. The Bertz CT molecular complexity index is 4160. The summed E-state index contributed by atoms with van der Waals surface area (Å²) in [6, 6.07) is 43.4. The Hall–Kier alpha value is -9.26. The van der Waals surface area contributed by atoms with E-state index in [1.165, 1.54) is 35.0 Å². The van der Waals surface area contributed by atoms with Gasteiger partial charge in [0.15, 0.2) is 0 Å². The van der Waals surface area contributed by atoms with Crippen molar-refractivity contribution in [3.8, 4) is 40.0 Å². The van der Waals surface area contributed by atoms with Crippen LogP contribution in [-0.2, 0) is 28.9 Å². The Morgan fingerprint density at radius 2 is 1.47 bits per heavy atom. The average Bonchev–Trinajstić information content (AvgIpc) is 0.949. The molecule has 0 radical (unpaired) electrons. The van der Waals surface area contributed by atoms with Crippen LogP contribution in [0.1, 0.15) is 115 Å². The highest BCUT2D eigenvalue weighted by atomic mass is 31.2. The molecule has 6 aromatic rings. The molecule has 2 aliphatic heterocycles. The molecule has 1 aliphatic carbocycles. The van der Waals surface area contributed by atoms with E-state index >= 15 is 0 Å². The van der Waals surface area contributed by atoms with E-state index in [1.807, 2.05) is 181 Å². The Kier molecular flexibility index (Phi) is 23.8. The zero-order valence-corrected chi connectivity index (χ0v) is 56.3. The average molecular weight is 1310 g/mol. The summed E-state index contributed by atoms with van der Waals surface area (Å²) in [6.45, 7) is 8.91. The highest BCUT2D eigenvalue weighted by Crippen LogP contribution is 2.51. The smallest absolute Gasteiger partial charge is 0.336 e. The van der Waals surface area contributed by atoms with Crippen LogP contribution in [0.3, 0.4) is 0 Å². The van der Waals surface area contributed by atoms with E-state index in [2.05, 4.69) is 26.4 Å². The minimum absolute atomic E-state index is 0.0259. The van der Waals surface area contributed by atoms with Gasteiger partial charge in [0, 0.05) is 97.9 Å². The molecule has 21 nitrogen and oxygen atoms in total. The van der Waals surface area contributed by atoms with Gasteiger partial charge in [-0.3, -0.25) is 23.9 Å². The van der Waals surface area contributed by atoms with E-state index in [1.54, 1.807) is 20.3 Å². The van der Waals surface area contributed by atoms with Crippen LogP contribution in [0, 0.1) is 11.3 Å². The molecule has 95 heavy (non-hydrogen) atoms. The molecule has 5 aromatic carbocycles. The van der Waals surface area contributed by atoms with Gasteiger partial charge in [0.25, 0.3) is 20.0 Å². The lowest BCUT2D eigenvalue weighted by Gasteiger charge is -2.39. The van der Waals surface area contributed by atoms with Crippen molar-refractivity contribution >= 4 is 49.0 Å². The number of ether oxygens (including phenoxy) is 4. The number of carboxylic acid groups (broad SMARTS) is 1. The number of carbonyl (C=O) groups is 3. The number of nitrogens with one attached hydrogen (secondary N) is 3. The minimum atomic E-state index is -1.81. The lowest BCUT2D eigenvalue weighted by Crippen LogP contribution is -2.39. The van der Waals surface area contributed by atoms with Crippen LogP contribution in [0.2, 0.25) is 0 Å². The summed E-state index contributed by atoms with van der Waals surface area (Å²) in [5, 5.41) is 27.4. The first-order valence-corrected chi connectivity index (χ1v) is 32.9. The van der Waals surface area contributed by atoms with Gasteiger partial charge in [-0.15, -0.1) is 0 Å². The maximum Gasteiger partial charge on any atom is 0.336 e. The number of methoxy groups -OCH3 is 2. The van der Waals surface area contributed by atoms with Gasteiger partial charge >= 0.3 is 11.7 Å². The van der Waals surface area contributed by atoms with Crippen molar-refractivity contribution in [3.63, 3.8) is 0 Å². The fourth-order valence-corrected chi connectivity index (χ4v) is 13.6. The second-order valence-electron chi connectivity index (χ2n) is 24.1. The number of benzene rings is 6. The Balaban J connectivity index is 0.864. The quantitative estimate of drug-likeness (QED) is 0.00815. The van der Waals surface area contributed by atoms with Crippen molar-refractivity contribution in [1.29, 1.82) is 5.26 Å². The lowest BCUT2D eigenvalue weighted by atomic mass is 9.80. The molecule has 0 spiro atoms. The highest BCUT2D eigenvalue weighted by Gasteiger charge is 2.45. The van der Waals surface area contributed by atoms with Gasteiger partial charge in [0.2, 0.25) is 11.3 Å². The van der Waals surface area contributed by atoms with Crippen molar-refractivity contribution in [2.75, 3.05) is 73.6 Å². The predicted molar refractivity (Wildman–Crippen MR) is 368 cm³/mol. The van der Waals surface area contributed by atoms with Crippen LogP contribution >= 0.6 is 8.53 Å². The summed E-state index contributed by atoms with van der Waals surface area (Å²) >= 11 is 0. The summed E-state index contributed by atoms with van der Waals surface area (Å²) in [4.78, 5) is 71.5. The number of H-pyrrole nitrogens is 1. The van der Waals surface area contributed by atoms with Gasteiger partial charge in [0.1, 0.15) is 54.9 Å². The van der Waals surface area contributed by atoms with E-state index in [4.69, 9.17) is 32.4 Å². The maximum atomic E-state index is 13.9. The topological polar surface area (TPSA) is 252 Å². The van der Waals surface area contributed by atoms with Crippen LogP contribution in [-0.4, -0.2) is 130 Å². The van der Waals surface area contributed by atoms with Crippen molar-refractivity contribution in [3.05, 3.63) is 205 Å². The monoisotopic (exact) mass is 1310 g/mol. The molecule has 4 unspecified atom stereocenters. The molecule has 1 fully saturated rings. The maximum absolute atomic E-state index is 13.9.